The van der Waals surface area contributed by atoms with Crippen LogP contribution in [0.3, 0.4) is 0 Å². The topological polar surface area (TPSA) is 34.9 Å². The number of halogens is 1. The molecule has 0 N–H and O–H groups in total. The van der Waals surface area contributed by atoms with E-state index in [9.17, 15) is 4.79 Å². The summed E-state index contributed by atoms with van der Waals surface area (Å²) in [6, 6.07) is 5.41. The van der Waals surface area contributed by atoms with Gasteiger partial charge in [-0.05, 0) is 18.2 Å². The van der Waals surface area contributed by atoms with Gasteiger partial charge in [0.05, 0.1) is 5.52 Å². The first-order valence-electron chi connectivity index (χ1n) is 4.23. The van der Waals surface area contributed by atoms with Crippen LogP contribution >= 0.6 is 11.6 Å². The lowest BCUT2D eigenvalue weighted by molar-refractivity contribution is 0.101. The normalized spacial score (nSPS) is 10.8. The molecule has 0 radical (unpaired) electrons. The van der Waals surface area contributed by atoms with Gasteiger partial charge in [-0.1, -0.05) is 11.6 Å². The second-order valence-electron chi connectivity index (χ2n) is 3.19. The van der Waals surface area contributed by atoms with E-state index >= 15 is 0 Å². The molecule has 2 rings (SSSR count). The van der Waals surface area contributed by atoms with Crippen LogP contribution in [0.4, 0.5) is 0 Å². The van der Waals surface area contributed by atoms with Crippen molar-refractivity contribution in [2.75, 3.05) is 0 Å². The lowest BCUT2D eigenvalue weighted by atomic mass is 10.2. The zero-order valence-electron chi connectivity index (χ0n) is 7.91. The summed E-state index contributed by atoms with van der Waals surface area (Å²) in [5, 5.41) is 5.57. The Balaban J connectivity index is 2.85. The Hall–Kier alpha value is -1.35. The maximum Gasteiger partial charge on any atom is 0.180 e. The summed E-state index contributed by atoms with van der Waals surface area (Å²) in [5.74, 6) is -0.0436. The van der Waals surface area contributed by atoms with E-state index in [0.29, 0.717) is 10.7 Å². The lowest BCUT2D eigenvalue weighted by Gasteiger charge is -1.93. The number of aryl methyl sites for hydroxylation is 1. The number of rotatable bonds is 1. The molecule has 14 heavy (non-hydrogen) atoms. The quantitative estimate of drug-likeness (QED) is 0.675. The molecule has 0 spiro atoms. The van der Waals surface area contributed by atoms with Gasteiger partial charge in [0.15, 0.2) is 5.78 Å². The number of hydrogen-bond donors (Lipinski definition) is 0. The molecule has 0 aliphatic heterocycles. The molecule has 0 saturated carbocycles. The Morgan fingerprint density at radius 3 is 2.86 bits per heavy atom. The summed E-state index contributed by atoms with van der Waals surface area (Å²) in [4.78, 5) is 11.3. The van der Waals surface area contributed by atoms with Crippen LogP contribution < -0.4 is 0 Å². The van der Waals surface area contributed by atoms with E-state index in [2.05, 4.69) is 5.10 Å². The summed E-state index contributed by atoms with van der Waals surface area (Å²) in [7, 11) is 1.81. The smallest absolute Gasteiger partial charge is 0.180 e. The van der Waals surface area contributed by atoms with Gasteiger partial charge in [-0.25, -0.2) is 0 Å². The van der Waals surface area contributed by atoms with Crippen LogP contribution in [0.15, 0.2) is 18.2 Å². The minimum absolute atomic E-state index is 0.0436. The molecule has 1 heterocycles. The number of nitrogens with zero attached hydrogens (tertiary/aromatic N) is 2. The Bertz CT molecular complexity index is 516. The van der Waals surface area contributed by atoms with Crippen LogP contribution in [0, 0.1) is 0 Å². The summed E-state index contributed by atoms with van der Waals surface area (Å²) in [6.45, 7) is 1.50. The van der Waals surface area contributed by atoms with E-state index < -0.39 is 0 Å². The zero-order chi connectivity index (χ0) is 10.3. The van der Waals surface area contributed by atoms with Gasteiger partial charge in [-0.3, -0.25) is 9.48 Å². The average molecular weight is 209 g/mol. The maximum atomic E-state index is 11.3. The van der Waals surface area contributed by atoms with Crippen molar-refractivity contribution < 1.29 is 4.79 Å². The van der Waals surface area contributed by atoms with Crippen LogP contribution in [-0.2, 0) is 7.05 Å². The van der Waals surface area contributed by atoms with Crippen molar-refractivity contribution in [1.82, 2.24) is 9.78 Å². The SMILES string of the molecule is CC(=O)c1nn(C)c2ccc(Cl)cc12. The van der Waals surface area contributed by atoms with E-state index in [-0.39, 0.29) is 5.78 Å². The molecule has 0 unspecified atom stereocenters. The van der Waals surface area contributed by atoms with Crippen LogP contribution in [-0.4, -0.2) is 15.6 Å². The molecule has 0 aliphatic carbocycles. The predicted molar refractivity (Wildman–Crippen MR) is 55.7 cm³/mol. The van der Waals surface area contributed by atoms with Gasteiger partial charge in [0, 0.05) is 24.4 Å². The molecule has 72 valence electrons. The lowest BCUT2D eigenvalue weighted by Crippen LogP contribution is -1.95. The van der Waals surface area contributed by atoms with Crippen LogP contribution in [0.1, 0.15) is 17.4 Å². The first kappa shape index (κ1) is 9.21. The second kappa shape index (κ2) is 3.10. The van der Waals surface area contributed by atoms with Gasteiger partial charge >= 0.3 is 0 Å². The molecular formula is C10H9ClN2O. The molecule has 0 bridgehead atoms. The molecule has 0 atom stereocenters. The Morgan fingerprint density at radius 2 is 2.21 bits per heavy atom. The molecule has 0 fully saturated rings. The Kier molecular flexibility index (Phi) is 2.04. The van der Waals surface area contributed by atoms with Crippen molar-refractivity contribution >= 4 is 28.3 Å². The fourth-order valence-corrected chi connectivity index (χ4v) is 1.67. The summed E-state index contributed by atoms with van der Waals surface area (Å²) in [5.41, 5.74) is 1.39. The first-order chi connectivity index (χ1) is 6.59. The summed E-state index contributed by atoms with van der Waals surface area (Å²) < 4.78 is 1.68. The number of hydrogen-bond acceptors (Lipinski definition) is 2. The molecule has 1 aromatic heterocycles. The Labute approximate surface area is 86.3 Å². The number of carbonyl (C=O) groups excluding carboxylic acids is 1. The van der Waals surface area contributed by atoms with Gasteiger partial charge in [0.2, 0.25) is 0 Å². The third-order valence-corrected chi connectivity index (χ3v) is 2.38. The predicted octanol–water partition coefficient (Wildman–Crippen LogP) is 2.43. The number of benzene rings is 1. The molecule has 0 aliphatic rings. The van der Waals surface area contributed by atoms with Gasteiger partial charge in [0.25, 0.3) is 0 Å². The highest BCUT2D eigenvalue weighted by atomic mass is 35.5. The summed E-state index contributed by atoms with van der Waals surface area (Å²) in [6.07, 6.45) is 0. The molecule has 0 amide bonds. The highest BCUT2D eigenvalue weighted by Gasteiger charge is 2.11. The van der Waals surface area contributed by atoms with Crippen molar-refractivity contribution in [3.8, 4) is 0 Å². The van der Waals surface area contributed by atoms with Crippen molar-refractivity contribution in [1.29, 1.82) is 0 Å². The Morgan fingerprint density at radius 1 is 1.50 bits per heavy atom. The third-order valence-electron chi connectivity index (χ3n) is 2.15. The van der Waals surface area contributed by atoms with Crippen molar-refractivity contribution in [2.24, 2.45) is 7.05 Å². The first-order valence-corrected chi connectivity index (χ1v) is 4.60. The monoisotopic (exact) mass is 208 g/mol. The van der Waals surface area contributed by atoms with Crippen molar-refractivity contribution in [3.63, 3.8) is 0 Å². The minimum Gasteiger partial charge on any atom is -0.293 e. The highest BCUT2D eigenvalue weighted by Crippen LogP contribution is 2.22. The van der Waals surface area contributed by atoms with E-state index in [4.69, 9.17) is 11.6 Å². The standard InChI is InChI=1S/C10H9ClN2O/c1-6(14)10-8-5-7(11)3-4-9(8)13(2)12-10/h3-5H,1-2H3. The maximum absolute atomic E-state index is 11.3. The van der Waals surface area contributed by atoms with Gasteiger partial charge in [-0.15, -0.1) is 0 Å². The molecular weight excluding hydrogens is 200 g/mol. The highest BCUT2D eigenvalue weighted by molar-refractivity contribution is 6.31. The molecule has 0 saturated heterocycles. The zero-order valence-corrected chi connectivity index (χ0v) is 8.67. The van der Waals surface area contributed by atoms with Gasteiger partial charge in [0.1, 0.15) is 5.69 Å². The molecule has 2 aromatic rings. The van der Waals surface area contributed by atoms with Crippen LogP contribution in [0.25, 0.3) is 10.9 Å². The number of fused-ring (bicyclic) bond motifs is 1. The molecule has 3 nitrogen and oxygen atoms in total. The number of Topliss-reactive ketones (excluding diaryl/α,β-unsaturated/α-hetero) is 1. The van der Waals surface area contributed by atoms with Gasteiger partial charge in [-0.2, -0.15) is 5.10 Å². The fraction of sp³-hybridized carbons (Fsp3) is 0.200. The van der Waals surface area contributed by atoms with Crippen molar-refractivity contribution in [2.45, 2.75) is 6.92 Å². The number of ketones is 1. The van der Waals surface area contributed by atoms with E-state index in [1.54, 1.807) is 16.8 Å². The van der Waals surface area contributed by atoms with Gasteiger partial charge < -0.3 is 0 Å². The number of carbonyl (C=O) groups is 1. The van der Waals surface area contributed by atoms with Crippen molar-refractivity contribution in [3.05, 3.63) is 28.9 Å². The molecule has 4 heteroatoms. The average Bonchev–Trinajstić information content (AvgIpc) is 2.43. The molecule has 1 aromatic carbocycles. The third kappa shape index (κ3) is 1.30. The van der Waals surface area contributed by atoms with Crippen LogP contribution in [0.5, 0.6) is 0 Å². The summed E-state index contributed by atoms with van der Waals surface area (Å²) >= 11 is 5.86. The number of aromatic nitrogens is 2. The minimum atomic E-state index is -0.0436. The fourth-order valence-electron chi connectivity index (χ4n) is 1.50. The van der Waals surface area contributed by atoms with E-state index in [1.165, 1.54) is 6.92 Å². The van der Waals surface area contributed by atoms with Crippen LogP contribution in [0.2, 0.25) is 5.02 Å². The second-order valence-corrected chi connectivity index (χ2v) is 3.63. The van der Waals surface area contributed by atoms with E-state index in [1.807, 2.05) is 13.1 Å². The largest absolute Gasteiger partial charge is 0.293 e. The van der Waals surface area contributed by atoms with E-state index in [0.717, 1.165) is 10.9 Å².